The SMILES string of the molecule is SCc1ncc(-c2cc(Br)cs2)[nH]1. The van der Waals surface area contributed by atoms with Crippen LogP contribution in [0.25, 0.3) is 10.6 Å². The zero-order valence-corrected chi connectivity index (χ0v) is 9.92. The summed E-state index contributed by atoms with van der Waals surface area (Å²) in [5.74, 6) is 1.55. The molecule has 0 atom stereocenters. The molecule has 2 rings (SSSR count). The Balaban J connectivity index is 2.35. The van der Waals surface area contributed by atoms with Crippen LogP contribution in [0.2, 0.25) is 0 Å². The largest absolute Gasteiger partial charge is 0.341 e. The van der Waals surface area contributed by atoms with Crippen LogP contribution in [0.4, 0.5) is 0 Å². The Bertz CT molecular complexity index is 408. The minimum absolute atomic E-state index is 0.645. The normalized spacial score (nSPS) is 10.6. The summed E-state index contributed by atoms with van der Waals surface area (Å²) < 4.78 is 1.11. The zero-order valence-electron chi connectivity index (χ0n) is 6.62. The molecule has 0 spiro atoms. The fourth-order valence-corrected chi connectivity index (χ4v) is 2.58. The van der Waals surface area contributed by atoms with Crippen LogP contribution < -0.4 is 0 Å². The number of hydrogen-bond acceptors (Lipinski definition) is 3. The Labute approximate surface area is 93.9 Å². The first kappa shape index (κ1) is 9.30. The molecule has 0 unspecified atom stereocenters. The molecule has 0 aliphatic carbocycles. The molecule has 5 heteroatoms. The lowest BCUT2D eigenvalue weighted by molar-refractivity contribution is 1.13. The third kappa shape index (κ3) is 1.98. The highest BCUT2D eigenvalue weighted by atomic mass is 79.9. The van der Waals surface area contributed by atoms with E-state index in [0.29, 0.717) is 5.75 Å². The zero-order chi connectivity index (χ0) is 9.26. The highest BCUT2D eigenvalue weighted by Gasteiger charge is 2.04. The van der Waals surface area contributed by atoms with Gasteiger partial charge in [-0.05, 0) is 22.0 Å². The van der Waals surface area contributed by atoms with E-state index in [2.05, 4.69) is 50.0 Å². The Morgan fingerprint density at radius 2 is 2.46 bits per heavy atom. The van der Waals surface area contributed by atoms with Gasteiger partial charge in [0.05, 0.1) is 16.8 Å². The minimum Gasteiger partial charge on any atom is -0.341 e. The van der Waals surface area contributed by atoms with E-state index < -0.39 is 0 Å². The van der Waals surface area contributed by atoms with E-state index in [1.807, 2.05) is 6.20 Å². The van der Waals surface area contributed by atoms with Crippen molar-refractivity contribution in [2.75, 3.05) is 0 Å². The van der Waals surface area contributed by atoms with E-state index in [-0.39, 0.29) is 0 Å². The summed E-state index contributed by atoms with van der Waals surface area (Å²) in [7, 11) is 0. The van der Waals surface area contributed by atoms with E-state index in [1.165, 1.54) is 4.88 Å². The smallest absolute Gasteiger partial charge is 0.116 e. The molecule has 13 heavy (non-hydrogen) atoms. The third-order valence-corrected chi connectivity index (χ3v) is 3.64. The number of nitrogens with one attached hydrogen (secondary N) is 1. The molecule has 0 saturated carbocycles. The van der Waals surface area contributed by atoms with Crippen LogP contribution in [0.5, 0.6) is 0 Å². The van der Waals surface area contributed by atoms with Gasteiger partial charge in [0.1, 0.15) is 5.82 Å². The molecular formula is C8H7BrN2S2. The summed E-state index contributed by atoms with van der Waals surface area (Å²) in [5, 5.41) is 2.05. The maximum absolute atomic E-state index is 4.18. The van der Waals surface area contributed by atoms with Crippen molar-refractivity contribution in [2.45, 2.75) is 5.75 Å². The number of imidazole rings is 1. The summed E-state index contributed by atoms with van der Waals surface area (Å²) in [6.45, 7) is 0. The highest BCUT2D eigenvalue weighted by Crippen LogP contribution is 2.28. The number of H-pyrrole nitrogens is 1. The Morgan fingerprint density at radius 3 is 3.00 bits per heavy atom. The lowest BCUT2D eigenvalue weighted by Gasteiger charge is -1.88. The molecule has 2 aromatic heterocycles. The van der Waals surface area contributed by atoms with Gasteiger partial charge < -0.3 is 4.98 Å². The van der Waals surface area contributed by atoms with Gasteiger partial charge in [0, 0.05) is 15.6 Å². The fraction of sp³-hybridized carbons (Fsp3) is 0.125. The van der Waals surface area contributed by atoms with Crippen LogP contribution in [-0.4, -0.2) is 9.97 Å². The Hall–Kier alpha value is -0.260. The van der Waals surface area contributed by atoms with Crippen molar-refractivity contribution < 1.29 is 0 Å². The van der Waals surface area contributed by atoms with E-state index >= 15 is 0 Å². The number of aromatic nitrogens is 2. The standard InChI is InChI=1S/C8H7BrN2S2/c9-5-1-7(13-4-5)6-2-10-8(3-12)11-6/h1-2,4,12H,3H2,(H,10,11). The quantitative estimate of drug-likeness (QED) is 0.809. The number of halogens is 1. The number of thiophene rings is 1. The second-order valence-electron chi connectivity index (χ2n) is 2.53. The first-order valence-electron chi connectivity index (χ1n) is 3.69. The fourth-order valence-electron chi connectivity index (χ4n) is 1.02. The number of nitrogens with zero attached hydrogens (tertiary/aromatic N) is 1. The van der Waals surface area contributed by atoms with E-state index in [4.69, 9.17) is 0 Å². The van der Waals surface area contributed by atoms with Crippen LogP contribution in [-0.2, 0) is 5.75 Å². The summed E-state index contributed by atoms with van der Waals surface area (Å²) in [4.78, 5) is 8.56. The highest BCUT2D eigenvalue weighted by molar-refractivity contribution is 9.10. The van der Waals surface area contributed by atoms with Crippen molar-refractivity contribution in [3.05, 3.63) is 27.9 Å². The van der Waals surface area contributed by atoms with Crippen LogP contribution in [0.3, 0.4) is 0 Å². The van der Waals surface area contributed by atoms with Crippen molar-refractivity contribution in [1.82, 2.24) is 9.97 Å². The van der Waals surface area contributed by atoms with Crippen LogP contribution in [0.1, 0.15) is 5.82 Å². The molecule has 0 radical (unpaired) electrons. The Kier molecular flexibility index (Phi) is 2.76. The van der Waals surface area contributed by atoms with Crippen molar-refractivity contribution in [3.63, 3.8) is 0 Å². The van der Waals surface area contributed by atoms with Gasteiger partial charge in [-0.15, -0.1) is 11.3 Å². The van der Waals surface area contributed by atoms with Gasteiger partial charge in [-0.25, -0.2) is 4.98 Å². The number of rotatable bonds is 2. The molecule has 68 valence electrons. The van der Waals surface area contributed by atoms with Gasteiger partial charge in [0.15, 0.2) is 0 Å². The monoisotopic (exact) mass is 274 g/mol. The molecule has 0 aliphatic rings. The third-order valence-electron chi connectivity index (χ3n) is 1.61. The summed E-state index contributed by atoms with van der Waals surface area (Å²) in [6, 6.07) is 2.07. The van der Waals surface area contributed by atoms with E-state index in [0.717, 1.165) is 16.0 Å². The first-order chi connectivity index (χ1) is 6.29. The molecule has 0 aromatic carbocycles. The number of hydrogen-bond donors (Lipinski definition) is 2. The maximum atomic E-state index is 4.18. The molecule has 0 saturated heterocycles. The van der Waals surface area contributed by atoms with Gasteiger partial charge in [-0.1, -0.05) is 0 Å². The molecule has 2 aromatic rings. The number of thiol groups is 1. The predicted molar refractivity (Wildman–Crippen MR) is 62.3 cm³/mol. The molecular weight excluding hydrogens is 268 g/mol. The van der Waals surface area contributed by atoms with Gasteiger partial charge >= 0.3 is 0 Å². The van der Waals surface area contributed by atoms with Gasteiger partial charge in [-0.2, -0.15) is 12.6 Å². The van der Waals surface area contributed by atoms with Crippen molar-refractivity contribution in [1.29, 1.82) is 0 Å². The van der Waals surface area contributed by atoms with E-state index in [9.17, 15) is 0 Å². The topological polar surface area (TPSA) is 28.7 Å². The van der Waals surface area contributed by atoms with Gasteiger partial charge in [0.2, 0.25) is 0 Å². The lowest BCUT2D eigenvalue weighted by Crippen LogP contribution is -1.78. The second kappa shape index (κ2) is 3.86. The maximum Gasteiger partial charge on any atom is 0.116 e. The first-order valence-corrected chi connectivity index (χ1v) is 5.99. The van der Waals surface area contributed by atoms with Crippen molar-refractivity contribution in [2.24, 2.45) is 0 Å². The molecule has 0 amide bonds. The van der Waals surface area contributed by atoms with E-state index in [1.54, 1.807) is 11.3 Å². The Morgan fingerprint density at radius 1 is 1.62 bits per heavy atom. The van der Waals surface area contributed by atoms with Crippen LogP contribution in [0.15, 0.2) is 22.1 Å². The average Bonchev–Trinajstić information content (AvgIpc) is 2.71. The summed E-state index contributed by atoms with van der Waals surface area (Å²) in [5.41, 5.74) is 1.06. The predicted octanol–water partition coefficient (Wildman–Crippen LogP) is 3.33. The van der Waals surface area contributed by atoms with Gasteiger partial charge in [-0.3, -0.25) is 0 Å². The molecule has 0 fully saturated rings. The summed E-state index contributed by atoms with van der Waals surface area (Å²) in [6.07, 6.45) is 1.84. The lowest BCUT2D eigenvalue weighted by atomic mass is 10.4. The van der Waals surface area contributed by atoms with Crippen molar-refractivity contribution in [3.8, 4) is 10.6 Å². The molecule has 2 heterocycles. The molecule has 0 aliphatic heterocycles. The van der Waals surface area contributed by atoms with Crippen molar-refractivity contribution >= 4 is 39.9 Å². The minimum atomic E-state index is 0.645. The van der Waals surface area contributed by atoms with Crippen LogP contribution in [0, 0.1) is 0 Å². The molecule has 2 nitrogen and oxygen atoms in total. The summed E-state index contributed by atoms with van der Waals surface area (Å²) >= 11 is 9.24. The second-order valence-corrected chi connectivity index (χ2v) is 4.67. The van der Waals surface area contributed by atoms with Gasteiger partial charge in [0.25, 0.3) is 0 Å². The molecule has 1 N–H and O–H groups in total. The number of aromatic amines is 1. The van der Waals surface area contributed by atoms with Crippen LogP contribution >= 0.6 is 39.9 Å². The average molecular weight is 275 g/mol. The molecule has 0 bridgehead atoms.